The fourth-order valence-corrected chi connectivity index (χ4v) is 6.14. The Morgan fingerprint density at radius 3 is 2.42 bits per heavy atom. The van der Waals surface area contributed by atoms with Gasteiger partial charge in [0.2, 0.25) is 0 Å². The van der Waals surface area contributed by atoms with Crippen molar-refractivity contribution >= 4 is 31.6 Å². The van der Waals surface area contributed by atoms with Crippen LogP contribution < -0.4 is 4.74 Å². The molecule has 0 radical (unpaired) electrons. The molecule has 0 spiro atoms. The van der Waals surface area contributed by atoms with E-state index in [1.807, 2.05) is 0 Å². The molecule has 2 atom stereocenters. The van der Waals surface area contributed by atoms with E-state index in [2.05, 4.69) is 15.9 Å². The third-order valence-electron chi connectivity index (χ3n) is 4.37. The van der Waals surface area contributed by atoms with Crippen LogP contribution >= 0.6 is 15.9 Å². The van der Waals surface area contributed by atoms with Gasteiger partial charge in [-0.1, -0.05) is 41.1 Å². The maximum Gasteiger partial charge on any atom is 0.185 e. The SMILES string of the molecule is COc1ccc(Br)c2c1C(=O)C[C@H](C)[C@H]2S(=O)(=O)c1ccccc1. The van der Waals surface area contributed by atoms with E-state index in [4.69, 9.17) is 4.74 Å². The Kier molecular flexibility index (Phi) is 4.53. The molecule has 0 fully saturated rings. The molecule has 1 aliphatic carbocycles. The lowest BCUT2D eigenvalue weighted by atomic mass is 9.83. The monoisotopic (exact) mass is 408 g/mol. The number of ketones is 1. The van der Waals surface area contributed by atoms with Crippen molar-refractivity contribution in [1.29, 1.82) is 0 Å². The first-order valence-electron chi connectivity index (χ1n) is 7.56. The van der Waals surface area contributed by atoms with E-state index < -0.39 is 15.1 Å². The summed E-state index contributed by atoms with van der Waals surface area (Å²) in [5.41, 5.74) is 0.872. The molecule has 0 N–H and O–H groups in total. The maximum absolute atomic E-state index is 13.2. The predicted molar refractivity (Wildman–Crippen MR) is 95.2 cm³/mol. The summed E-state index contributed by atoms with van der Waals surface area (Å²) in [4.78, 5) is 12.8. The van der Waals surface area contributed by atoms with Gasteiger partial charge in [0.05, 0.1) is 22.8 Å². The van der Waals surface area contributed by atoms with Gasteiger partial charge in [-0.05, 0) is 35.7 Å². The van der Waals surface area contributed by atoms with E-state index in [-0.39, 0.29) is 23.0 Å². The summed E-state index contributed by atoms with van der Waals surface area (Å²) in [5.74, 6) is 0.00661. The second-order valence-corrected chi connectivity index (χ2v) is 8.85. The van der Waals surface area contributed by atoms with E-state index in [0.717, 1.165) is 0 Å². The van der Waals surface area contributed by atoms with E-state index in [9.17, 15) is 13.2 Å². The van der Waals surface area contributed by atoms with Crippen molar-refractivity contribution in [3.63, 3.8) is 0 Å². The first-order chi connectivity index (χ1) is 11.4. The zero-order chi connectivity index (χ0) is 17.5. The molecule has 0 saturated carbocycles. The summed E-state index contributed by atoms with van der Waals surface area (Å²) in [5, 5.41) is -0.794. The number of methoxy groups -OCH3 is 1. The Morgan fingerprint density at radius 1 is 1.12 bits per heavy atom. The number of carbonyl (C=O) groups is 1. The minimum atomic E-state index is -3.63. The van der Waals surface area contributed by atoms with Gasteiger partial charge >= 0.3 is 0 Å². The van der Waals surface area contributed by atoms with Gasteiger partial charge in [-0.15, -0.1) is 0 Å². The van der Waals surface area contributed by atoms with Gasteiger partial charge in [-0.2, -0.15) is 0 Å². The summed E-state index contributed by atoms with van der Waals surface area (Å²) < 4.78 is 32.4. The number of rotatable bonds is 3. The van der Waals surface area contributed by atoms with Gasteiger partial charge in [0.25, 0.3) is 0 Å². The third kappa shape index (κ3) is 2.67. The van der Waals surface area contributed by atoms with Crippen LogP contribution in [0.4, 0.5) is 0 Å². The molecule has 1 aliphatic rings. The largest absolute Gasteiger partial charge is 0.496 e. The number of fused-ring (bicyclic) bond motifs is 1. The zero-order valence-corrected chi connectivity index (χ0v) is 15.7. The highest BCUT2D eigenvalue weighted by Gasteiger charge is 2.43. The van der Waals surface area contributed by atoms with Crippen molar-refractivity contribution in [3.8, 4) is 5.75 Å². The zero-order valence-electron chi connectivity index (χ0n) is 13.3. The number of carbonyl (C=O) groups excluding carboxylic acids is 1. The Morgan fingerprint density at radius 2 is 1.79 bits per heavy atom. The first-order valence-corrected chi connectivity index (χ1v) is 9.90. The molecule has 0 aromatic heterocycles. The van der Waals surface area contributed by atoms with Crippen LogP contribution in [0, 0.1) is 5.92 Å². The van der Waals surface area contributed by atoms with Crippen molar-refractivity contribution in [2.24, 2.45) is 5.92 Å². The molecule has 0 saturated heterocycles. The third-order valence-corrected chi connectivity index (χ3v) is 7.36. The van der Waals surface area contributed by atoms with E-state index in [1.165, 1.54) is 7.11 Å². The van der Waals surface area contributed by atoms with Gasteiger partial charge in [0, 0.05) is 10.9 Å². The summed E-state index contributed by atoms with van der Waals surface area (Å²) >= 11 is 3.43. The molecule has 0 aliphatic heterocycles. The molecule has 0 heterocycles. The van der Waals surface area contributed by atoms with Crippen LogP contribution in [0.5, 0.6) is 5.75 Å². The van der Waals surface area contributed by atoms with E-state index >= 15 is 0 Å². The standard InChI is InChI=1S/C18H17BrO4S/c1-11-10-14(20)17-15(23-2)9-8-13(19)16(17)18(11)24(21,22)12-6-4-3-5-7-12/h3-9,11,18H,10H2,1-2H3/t11-,18+/m0/s1. The van der Waals surface area contributed by atoms with Crippen LogP contribution in [0.3, 0.4) is 0 Å². The molecule has 3 rings (SSSR count). The van der Waals surface area contributed by atoms with Gasteiger partial charge in [0.1, 0.15) is 5.75 Å². The highest BCUT2D eigenvalue weighted by Crippen LogP contribution is 2.47. The molecule has 0 unspecified atom stereocenters. The Labute approximate surface area is 149 Å². The Bertz CT molecular complexity index is 891. The molecule has 6 heteroatoms. The number of benzene rings is 2. The van der Waals surface area contributed by atoms with Crippen molar-refractivity contribution in [3.05, 3.63) is 58.1 Å². The van der Waals surface area contributed by atoms with Gasteiger partial charge in [0.15, 0.2) is 15.6 Å². The topological polar surface area (TPSA) is 60.4 Å². The molecule has 2 aromatic carbocycles. The summed E-state index contributed by atoms with van der Waals surface area (Å²) in [6, 6.07) is 11.8. The van der Waals surface area contributed by atoms with Crippen LogP contribution in [0.15, 0.2) is 51.8 Å². The van der Waals surface area contributed by atoms with E-state index in [1.54, 1.807) is 49.4 Å². The summed E-state index contributed by atoms with van der Waals surface area (Å²) in [6.07, 6.45) is 0.177. The minimum Gasteiger partial charge on any atom is -0.496 e. The van der Waals surface area contributed by atoms with Crippen LogP contribution in [0.2, 0.25) is 0 Å². The molecule has 2 aromatic rings. The van der Waals surface area contributed by atoms with Crippen LogP contribution in [-0.4, -0.2) is 21.3 Å². The highest BCUT2D eigenvalue weighted by molar-refractivity contribution is 9.10. The number of Topliss-reactive ketones (excluding diaryl/α,β-unsaturated/α-hetero) is 1. The summed E-state index contributed by atoms with van der Waals surface area (Å²) in [7, 11) is -2.15. The molecule has 24 heavy (non-hydrogen) atoms. The van der Waals surface area contributed by atoms with Crippen LogP contribution in [0.25, 0.3) is 0 Å². The first kappa shape index (κ1) is 17.2. The number of hydrogen-bond acceptors (Lipinski definition) is 4. The molecule has 4 nitrogen and oxygen atoms in total. The average molecular weight is 409 g/mol. The smallest absolute Gasteiger partial charge is 0.185 e. The Hall–Kier alpha value is -1.66. The lowest BCUT2D eigenvalue weighted by Crippen LogP contribution is -2.30. The normalized spacial score (nSPS) is 20.5. The minimum absolute atomic E-state index is 0.0878. The average Bonchev–Trinajstić information content (AvgIpc) is 2.56. The quantitative estimate of drug-likeness (QED) is 0.763. The van der Waals surface area contributed by atoms with Crippen molar-refractivity contribution in [2.45, 2.75) is 23.5 Å². The molecule has 0 amide bonds. The lowest BCUT2D eigenvalue weighted by Gasteiger charge is -2.32. The molecular weight excluding hydrogens is 392 g/mol. The van der Waals surface area contributed by atoms with E-state index in [0.29, 0.717) is 21.3 Å². The molecule has 0 bridgehead atoms. The van der Waals surface area contributed by atoms with Crippen molar-refractivity contribution in [1.82, 2.24) is 0 Å². The van der Waals surface area contributed by atoms with Crippen LogP contribution in [0.1, 0.15) is 34.5 Å². The predicted octanol–water partition coefficient (Wildman–Crippen LogP) is 4.20. The number of sulfone groups is 1. The molecule has 126 valence electrons. The Balaban J connectivity index is 2.28. The fourth-order valence-electron chi connectivity index (χ4n) is 3.31. The second-order valence-electron chi connectivity index (χ2n) is 5.92. The number of ether oxygens (including phenoxy) is 1. The van der Waals surface area contributed by atoms with Crippen molar-refractivity contribution < 1.29 is 17.9 Å². The van der Waals surface area contributed by atoms with Gasteiger partial charge in [-0.3, -0.25) is 4.79 Å². The van der Waals surface area contributed by atoms with Gasteiger partial charge < -0.3 is 4.74 Å². The molecular formula is C18H17BrO4S. The number of hydrogen-bond donors (Lipinski definition) is 0. The number of halogens is 1. The van der Waals surface area contributed by atoms with Gasteiger partial charge in [-0.25, -0.2) is 8.42 Å². The van der Waals surface area contributed by atoms with Crippen molar-refractivity contribution in [2.75, 3.05) is 7.11 Å². The lowest BCUT2D eigenvalue weighted by molar-refractivity contribution is 0.0948. The fraction of sp³-hybridized carbons (Fsp3) is 0.278. The second kappa shape index (κ2) is 6.33. The van der Waals surface area contributed by atoms with Crippen LogP contribution in [-0.2, 0) is 9.84 Å². The summed E-state index contributed by atoms with van der Waals surface area (Å²) in [6.45, 7) is 1.80. The highest BCUT2D eigenvalue weighted by atomic mass is 79.9. The maximum atomic E-state index is 13.2.